The fourth-order valence-corrected chi connectivity index (χ4v) is 2.35. The Morgan fingerprint density at radius 3 is 2.68 bits per heavy atom. The zero-order valence-corrected chi connectivity index (χ0v) is 11.6. The molecular formula is C15H21NO3. The van der Waals surface area contributed by atoms with E-state index in [1.54, 1.807) is 12.1 Å². The average molecular weight is 263 g/mol. The Hall–Kier alpha value is -1.55. The minimum absolute atomic E-state index is 0.321. The highest BCUT2D eigenvalue weighted by Gasteiger charge is 2.19. The summed E-state index contributed by atoms with van der Waals surface area (Å²) in [5, 5.41) is 0. The van der Waals surface area contributed by atoms with Crippen molar-refractivity contribution in [2.75, 3.05) is 27.3 Å². The van der Waals surface area contributed by atoms with Crippen molar-refractivity contribution in [1.82, 2.24) is 4.90 Å². The summed E-state index contributed by atoms with van der Waals surface area (Å²) in [6, 6.07) is 7.58. The van der Waals surface area contributed by atoms with E-state index in [0.29, 0.717) is 18.2 Å². The minimum atomic E-state index is -0.321. The number of carbonyl (C=O) groups is 1. The Balaban J connectivity index is 1.87. The predicted molar refractivity (Wildman–Crippen MR) is 73.5 cm³/mol. The van der Waals surface area contributed by atoms with Crippen molar-refractivity contribution >= 4 is 5.97 Å². The molecule has 0 aliphatic carbocycles. The molecule has 1 aromatic carbocycles. The van der Waals surface area contributed by atoms with Crippen LogP contribution >= 0.6 is 0 Å². The van der Waals surface area contributed by atoms with Crippen molar-refractivity contribution in [3.05, 3.63) is 29.8 Å². The van der Waals surface area contributed by atoms with Crippen LogP contribution in [-0.2, 0) is 4.74 Å². The number of piperidine rings is 1. The lowest BCUT2D eigenvalue weighted by molar-refractivity contribution is 0.0600. The van der Waals surface area contributed by atoms with Gasteiger partial charge >= 0.3 is 5.97 Å². The Morgan fingerprint density at radius 2 is 2.05 bits per heavy atom. The summed E-state index contributed by atoms with van der Waals surface area (Å²) in [5.41, 5.74) is 0.546. The molecule has 4 nitrogen and oxygen atoms in total. The number of nitrogens with zero attached hydrogens (tertiary/aromatic N) is 1. The monoisotopic (exact) mass is 263 g/mol. The molecule has 0 bridgehead atoms. The van der Waals surface area contributed by atoms with Crippen molar-refractivity contribution in [2.45, 2.75) is 25.3 Å². The second-order valence-electron chi connectivity index (χ2n) is 4.96. The molecule has 1 heterocycles. The van der Waals surface area contributed by atoms with Gasteiger partial charge in [-0.1, -0.05) is 6.42 Å². The third-order valence-electron chi connectivity index (χ3n) is 3.64. The first-order valence-corrected chi connectivity index (χ1v) is 6.72. The fraction of sp³-hybridized carbons (Fsp3) is 0.533. The molecule has 2 rings (SSSR count). The first kappa shape index (κ1) is 13.9. The van der Waals surface area contributed by atoms with E-state index in [-0.39, 0.29) is 5.97 Å². The lowest BCUT2D eigenvalue weighted by Crippen LogP contribution is -2.40. The molecule has 0 saturated carbocycles. The van der Waals surface area contributed by atoms with E-state index in [9.17, 15) is 4.79 Å². The summed E-state index contributed by atoms with van der Waals surface area (Å²) in [7, 11) is 3.53. The first-order valence-electron chi connectivity index (χ1n) is 6.72. The van der Waals surface area contributed by atoms with Gasteiger partial charge in [-0.05, 0) is 50.7 Å². The van der Waals surface area contributed by atoms with E-state index < -0.39 is 0 Å². The largest absolute Gasteiger partial charge is 0.492 e. The van der Waals surface area contributed by atoms with Crippen LogP contribution in [-0.4, -0.2) is 44.2 Å². The van der Waals surface area contributed by atoms with Crippen LogP contribution in [0.4, 0.5) is 0 Å². The topological polar surface area (TPSA) is 38.8 Å². The highest BCUT2D eigenvalue weighted by Crippen LogP contribution is 2.18. The molecule has 19 heavy (non-hydrogen) atoms. The number of likely N-dealkylation sites (N-methyl/N-ethyl adjacent to an activating group) is 1. The molecule has 0 aromatic heterocycles. The van der Waals surface area contributed by atoms with Gasteiger partial charge < -0.3 is 14.4 Å². The van der Waals surface area contributed by atoms with Crippen LogP contribution in [0.1, 0.15) is 29.6 Å². The van der Waals surface area contributed by atoms with Gasteiger partial charge in [-0.15, -0.1) is 0 Å². The lowest BCUT2D eigenvalue weighted by atomic mass is 10.0. The van der Waals surface area contributed by atoms with Crippen LogP contribution in [0.3, 0.4) is 0 Å². The quantitative estimate of drug-likeness (QED) is 0.782. The number of hydrogen-bond acceptors (Lipinski definition) is 4. The number of methoxy groups -OCH3 is 1. The maximum absolute atomic E-state index is 11.3. The summed E-state index contributed by atoms with van der Waals surface area (Å²) >= 11 is 0. The lowest BCUT2D eigenvalue weighted by Gasteiger charge is -2.32. The molecule has 0 radical (unpaired) electrons. The molecule has 1 fully saturated rings. The summed E-state index contributed by atoms with van der Waals surface area (Å²) < 4.78 is 10.4. The van der Waals surface area contributed by atoms with Gasteiger partial charge in [0.25, 0.3) is 0 Å². The molecule has 104 valence electrons. The van der Waals surface area contributed by atoms with E-state index in [1.807, 2.05) is 12.1 Å². The number of likely N-dealkylation sites (tertiary alicyclic amines) is 1. The maximum Gasteiger partial charge on any atom is 0.337 e. The van der Waals surface area contributed by atoms with Gasteiger partial charge in [0, 0.05) is 6.04 Å². The molecule has 1 aromatic rings. The second-order valence-corrected chi connectivity index (χ2v) is 4.96. The minimum Gasteiger partial charge on any atom is -0.492 e. The summed E-state index contributed by atoms with van der Waals surface area (Å²) in [5.74, 6) is 0.477. The van der Waals surface area contributed by atoms with Gasteiger partial charge in [0.15, 0.2) is 0 Å². The van der Waals surface area contributed by atoms with E-state index in [0.717, 1.165) is 12.3 Å². The van der Waals surface area contributed by atoms with Gasteiger partial charge in [0.05, 0.1) is 12.7 Å². The molecule has 4 heteroatoms. The van der Waals surface area contributed by atoms with Crippen molar-refractivity contribution in [1.29, 1.82) is 0 Å². The van der Waals surface area contributed by atoms with E-state index in [1.165, 1.54) is 26.4 Å². The van der Waals surface area contributed by atoms with Crippen LogP contribution < -0.4 is 4.74 Å². The van der Waals surface area contributed by atoms with Gasteiger partial charge in [-0.2, -0.15) is 0 Å². The van der Waals surface area contributed by atoms with Crippen LogP contribution in [0, 0.1) is 0 Å². The van der Waals surface area contributed by atoms with Gasteiger partial charge in [0.2, 0.25) is 0 Å². The second kappa shape index (κ2) is 6.57. The van der Waals surface area contributed by atoms with Gasteiger partial charge in [-0.3, -0.25) is 0 Å². The molecule has 1 aliphatic rings. The summed E-state index contributed by atoms with van der Waals surface area (Å²) in [4.78, 5) is 13.7. The van der Waals surface area contributed by atoms with Gasteiger partial charge in [0.1, 0.15) is 12.4 Å². The third-order valence-corrected chi connectivity index (χ3v) is 3.64. The van der Waals surface area contributed by atoms with E-state index >= 15 is 0 Å². The molecule has 1 atom stereocenters. The van der Waals surface area contributed by atoms with Crippen LogP contribution in [0.5, 0.6) is 5.75 Å². The van der Waals surface area contributed by atoms with Crippen LogP contribution in [0.25, 0.3) is 0 Å². The Labute approximate surface area is 114 Å². The Bertz CT molecular complexity index is 416. The Kier molecular flexibility index (Phi) is 4.80. The predicted octanol–water partition coefficient (Wildman–Crippen LogP) is 2.34. The SMILES string of the molecule is COC(=O)c1ccc(OCC2CCCCN2C)cc1. The van der Waals surface area contributed by atoms with Crippen molar-refractivity contribution < 1.29 is 14.3 Å². The fourth-order valence-electron chi connectivity index (χ4n) is 2.35. The van der Waals surface area contributed by atoms with Crippen LogP contribution in [0.2, 0.25) is 0 Å². The number of hydrogen-bond donors (Lipinski definition) is 0. The van der Waals surface area contributed by atoms with E-state index in [2.05, 4.69) is 16.7 Å². The average Bonchev–Trinajstić information content (AvgIpc) is 2.46. The summed E-state index contributed by atoms with van der Waals surface area (Å²) in [6.07, 6.45) is 3.75. The number of esters is 1. The molecule has 1 unspecified atom stereocenters. The zero-order chi connectivity index (χ0) is 13.7. The summed E-state index contributed by atoms with van der Waals surface area (Å²) in [6.45, 7) is 1.85. The number of rotatable bonds is 4. The number of carbonyl (C=O) groups excluding carboxylic acids is 1. The highest BCUT2D eigenvalue weighted by atomic mass is 16.5. The van der Waals surface area contributed by atoms with Crippen molar-refractivity contribution in [3.63, 3.8) is 0 Å². The number of ether oxygens (including phenoxy) is 2. The van der Waals surface area contributed by atoms with Crippen molar-refractivity contribution in [2.24, 2.45) is 0 Å². The number of benzene rings is 1. The van der Waals surface area contributed by atoms with Gasteiger partial charge in [-0.25, -0.2) is 4.79 Å². The van der Waals surface area contributed by atoms with E-state index in [4.69, 9.17) is 4.74 Å². The molecule has 0 amide bonds. The molecule has 1 aliphatic heterocycles. The maximum atomic E-state index is 11.3. The first-order chi connectivity index (χ1) is 9.20. The van der Waals surface area contributed by atoms with Crippen LogP contribution in [0.15, 0.2) is 24.3 Å². The normalized spacial score (nSPS) is 20.0. The van der Waals surface area contributed by atoms with Crippen molar-refractivity contribution in [3.8, 4) is 5.75 Å². The zero-order valence-electron chi connectivity index (χ0n) is 11.6. The standard InChI is InChI=1S/C15H21NO3/c1-16-10-4-3-5-13(16)11-19-14-8-6-12(7-9-14)15(17)18-2/h6-9,13H,3-5,10-11H2,1-2H3. The Morgan fingerprint density at radius 1 is 1.32 bits per heavy atom. The smallest absolute Gasteiger partial charge is 0.337 e. The molecule has 0 N–H and O–H groups in total. The molecule has 0 spiro atoms. The molecular weight excluding hydrogens is 242 g/mol. The highest BCUT2D eigenvalue weighted by molar-refractivity contribution is 5.89. The molecule has 1 saturated heterocycles. The third kappa shape index (κ3) is 3.70.